The molecule has 0 radical (unpaired) electrons. The molecular weight excluding hydrogens is 420 g/mol. The van der Waals surface area contributed by atoms with E-state index in [0.29, 0.717) is 28.9 Å². The highest BCUT2D eigenvalue weighted by atomic mass is 16.5. The van der Waals surface area contributed by atoms with Crippen molar-refractivity contribution in [1.29, 1.82) is 0 Å². The summed E-state index contributed by atoms with van der Waals surface area (Å²) >= 11 is 0. The number of nitrogens with zero attached hydrogens (tertiary/aromatic N) is 6. The van der Waals surface area contributed by atoms with Gasteiger partial charge in [0.2, 0.25) is 11.9 Å². The number of anilines is 4. The average molecular weight is 451 g/mol. The van der Waals surface area contributed by atoms with Crippen LogP contribution in [0.3, 0.4) is 0 Å². The SMILES string of the molecule is C=CC(=O)Nc1cc(Nc2nccc(-n3cc(CN(C)C)c(C)n3)n2)c(OC)cc1N(C)C. The van der Waals surface area contributed by atoms with E-state index in [1.807, 2.05) is 52.3 Å². The van der Waals surface area contributed by atoms with Gasteiger partial charge in [0, 0.05) is 50.7 Å². The number of aryl methyl sites for hydroxylation is 1. The molecule has 10 nitrogen and oxygen atoms in total. The van der Waals surface area contributed by atoms with Crippen molar-refractivity contribution in [1.82, 2.24) is 24.6 Å². The number of aromatic nitrogens is 4. The molecule has 2 heterocycles. The lowest BCUT2D eigenvalue weighted by Gasteiger charge is -2.21. The third-order valence-electron chi connectivity index (χ3n) is 4.85. The van der Waals surface area contributed by atoms with Crippen LogP contribution in [0.25, 0.3) is 5.82 Å². The van der Waals surface area contributed by atoms with Gasteiger partial charge in [-0.25, -0.2) is 9.67 Å². The van der Waals surface area contributed by atoms with Gasteiger partial charge in [0.25, 0.3) is 0 Å². The number of methoxy groups -OCH3 is 1. The summed E-state index contributed by atoms with van der Waals surface area (Å²) in [5.74, 6) is 1.26. The Morgan fingerprint density at radius 1 is 1.24 bits per heavy atom. The van der Waals surface area contributed by atoms with E-state index in [1.54, 1.807) is 30.1 Å². The normalized spacial score (nSPS) is 10.8. The molecule has 0 saturated carbocycles. The molecule has 0 unspecified atom stereocenters. The van der Waals surface area contributed by atoms with E-state index >= 15 is 0 Å². The van der Waals surface area contributed by atoms with Crippen LogP contribution in [0.1, 0.15) is 11.3 Å². The molecule has 0 fully saturated rings. The van der Waals surface area contributed by atoms with E-state index in [2.05, 4.69) is 37.2 Å². The summed E-state index contributed by atoms with van der Waals surface area (Å²) in [5.41, 5.74) is 4.05. The molecule has 0 aliphatic carbocycles. The quantitative estimate of drug-likeness (QED) is 0.480. The zero-order valence-corrected chi connectivity index (χ0v) is 19.9. The highest BCUT2D eigenvalue weighted by Crippen LogP contribution is 2.37. The largest absolute Gasteiger partial charge is 0.494 e. The van der Waals surface area contributed by atoms with E-state index in [4.69, 9.17) is 4.74 Å². The van der Waals surface area contributed by atoms with Gasteiger partial charge in [-0.3, -0.25) is 4.79 Å². The average Bonchev–Trinajstić information content (AvgIpc) is 3.13. The zero-order valence-electron chi connectivity index (χ0n) is 19.9. The predicted molar refractivity (Wildman–Crippen MR) is 131 cm³/mol. The van der Waals surface area contributed by atoms with Crippen molar-refractivity contribution in [3.63, 3.8) is 0 Å². The Hall–Kier alpha value is -3.92. The number of nitrogens with one attached hydrogen (secondary N) is 2. The molecule has 0 aliphatic heterocycles. The van der Waals surface area contributed by atoms with Crippen LogP contribution in [-0.2, 0) is 11.3 Å². The van der Waals surface area contributed by atoms with Gasteiger partial charge < -0.3 is 25.2 Å². The Labute approximate surface area is 193 Å². The molecule has 0 bridgehead atoms. The molecule has 2 aromatic heterocycles. The van der Waals surface area contributed by atoms with E-state index < -0.39 is 0 Å². The van der Waals surface area contributed by atoms with Crippen LogP contribution in [-0.4, -0.2) is 65.9 Å². The van der Waals surface area contributed by atoms with Crippen molar-refractivity contribution in [3.8, 4) is 11.6 Å². The van der Waals surface area contributed by atoms with Gasteiger partial charge in [0.15, 0.2) is 5.82 Å². The summed E-state index contributed by atoms with van der Waals surface area (Å²) in [7, 11) is 9.38. The van der Waals surface area contributed by atoms with Crippen LogP contribution < -0.4 is 20.3 Å². The Balaban J connectivity index is 1.95. The first-order valence-electron chi connectivity index (χ1n) is 10.3. The van der Waals surface area contributed by atoms with Crippen LogP contribution in [0.15, 0.2) is 43.2 Å². The van der Waals surface area contributed by atoms with E-state index in [1.165, 1.54) is 6.08 Å². The number of hydrogen-bond acceptors (Lipinski definition) is 8. The summed E-state index contributed by atoms with van der Waals surface area (Å²) in [6, 6.07) is 5.40. The Morgan fingerprint density at radius 3 is 2.64 bits per heavy atom. The number of carbonyl (C=O) groups excluding carboxylic acids is 1. The summed E-state index contributed by atoms with van der Waals surface area (Å²) in [5, 5.41) is 10.6. The zero-order chi connectivity index (χ0) is 24.1. The molecule has 0 aliphatic rings. The smallest absolute Gasteiger partial charge is 0.247 e. The summed E-state index contributed by atoms with van der Waals surface area (Å²) in [6.07, 6.45) is 4.85. The molecule has 3 aromatic rings. The second kappa shape index (κ2) is 10.1. The van der Waals surface area contributed by atoms with Gasteiger partial charge in [-0.1, -0.05) is 6.58 Å². The number of amides is 1. The maximum Gasteiger partial charge on any atom is 0.247 e. The fraction of sp³-hybridized carbons (Fsp3) is 0.304. The third kappa shape index (κ3) is 5.66. The number of carbonyl (C=O) groups is 1. The molecule has 0 spiro atoms. The van der Waals surface area contributed by atoms with Crippen LogP contribution in [0.2, 0.25) is 0 Å². The van der Waals surface area contributed by atoms with Gasteiger partial charge in [-0.05, 0) is 33.2 Å². The van der Waals surface area contributed by atoms with Gasteiger partial charge >= 0.3 is 0 Å². The number of benzene rings is 1. The van der Waals surface area contributed by atoms with Crippen molar-refractivity contribution in [3.05, 3.63) is 54.5 Å². The molecule has 3 rings (SSSR count). The third-order valence-corrected chi connectivity index (χ3v) is 4.85. The lowest BCUT2D eigenvalue weighted by Crippen LogP contribution is -2.15. The molecule has 174 valence electrons. The fourth-order valence-corrected chi connectivity index (χ4v) is 3.26. The van der Waals surface area contributed by atoms with Crippen molar-refractivity contribution >= 4 is 28.9 Å². The summed E-state index contributed by atoms with van der Waals surface area (Å²) in [4.78, 5) is 24.9. The summed E-state index contributed by atoms with van der Waals surface area (Å²) in [6.45, 7) is 6.29. The standard InChI is InChI=1S/C23H30N8O2/c1-8-22(32)25-17-11-18(20(33-7)12-19(17)30(5)6)26-23-24-10-9-21(27-23)31-14-16(13-29(3)4)15(2)28-31/h8-12,14H,1,13H2,2-7H3,(H,25,32)(H,24,26,27). The van der Waals surface area contributed by atoms with Crippen LogP contribution >= 0.6 is 0 Å². The molecule has 1 aromatic carbocycles. The van der Waals surface area contributed by atoms with Gasteiger partial charge in [-0.2, -0.15) is 10.1 Å². The lowest BCUT2D eigenvalue weighted by atomic mass is 10.2. The predicted octanol–water partition coefficient (Wildman–Crippen LogP) is 2.98. The van der Waals surface area contributed by atoms with Crippen LogP contribution in [0.4, 0.5) is 23.0 Å². The van der Waals surface area contributed by atoms with E-state index in [-0.39, 0.29) is 5.91 Å². The molecule has 10 heteroatoms. The second-order valence-corrected chi connectivity index (χ2v) is 7.94. The Morgan fingerprint density at radius 2 is 2.00 bits per heavy atom. The highest BCUT2D eigenvalue weighted by molar-refractivity contribution is 6.02. The van der Waals surface area contributed by atoms with Crippen molar-refractivity contribution in [2.45, 2.75) is 13.5 Å². The van der Waals surface area contributed by atoms with Crippen molar-refractivity contribution < 1.29 is 9.53 Å². The maximum atomic E-state index is 11.9. The summed E-state index contributed by atoms with van der Waals surface area (Å²) < 4.78 is 7.31. The van der Waals surface area contributed by atoms with Gasteiger partial charge in [0.05, 0.1) is 29.9 Å². The first-order valence-corrected chi connectivity index (χ1v) is 10.3. The van der Waals surface area contributed by atoms with Gasteiger partial charge in [-0.15, -0.1) is 0 Å². The van der Waals surface area contributed by atoms with E-state index in [9.17, 15) is 4.79 Å². The first-order chi connectivity index (χ1) is 15.7. The van der Waals surface area contributed by atoms with Crippen molar-refractivity contribution in [2.75, 3.05) is 50.8 Å². The number of rotatable bonds is 9. The Kier molecular flexibility index (Phi) is 7.29. The van der Waals surface area contributed by atoms with Gasteiger partial charge in [0.1, 0.15) is 5.75 Å². The number of ether oxygens (including phenoxy) is 1. The first kappa shape index (κ1) is 23.7. The maximum absolute atomic E-state index is 11.9. The topological polar surface area (TPSA) is 100 Å². The van der Waals surface area contributed by atoms with Crippen LogP contribution in [0.5, 0.6) is 5.75 Å². The number of hydrogen-bond donors (Lipinski definition) is 2. The molecule has 2 N–H and O–H groups in total. The van der Waals surface area contributed by atoms with Crippen LogP contribution in [0, 0.1) is 6.92 Å². The monoisotopic (exact) mass is 450 g/mol. The second-order valence-electron chi connectivity index (χ2n) is 7.94. The molecule has 1 amide bonds. The fourth-order valence-electron chi connectivity index (χ4n) is 3.26. The van der Waals surface area contributed by atoms with E-state index in [0.717, 1.165) is 23.5 Å². The minimum atomic E-state index is -0.310. The molecule has 0 saturated heterocycles. The molecule has 0 atom stereocenters. The minimum Gasteiger partial charge on any atom is -0.494 e. The highest BCUT2D eigenvalue weighted by Gasteiger charge is 2.15. The van der Waals surface area contributed by atoms with Crippen molar-refractivity contribution in [2.24, 2.45) is 0 Å². The Bertz CT molecular complexity index is 1150. The lowest BCUT2D eigenvalue weighted by molar-refractivity contribution is -0.111. The molecule has 33 heavy (non-hydrogen) atoms. The molecular formula is C23H30N8O2. The minimum absolute atomic E-state index is 0.310.